The van der Waals surface area contributed by atoms with Crippen LogP contribution in [-0.2, 0) is 18.1 Å². The zero-order chi connectivity index (χ0) is 16.5. The summed E-state index contributed by atoms with van der Waals surface area (Å²) in [5.74, 6) is -0.119. The molecule has 7 heteroatoms. The van der Waals surface area contributed by atoms with Gasteiger partial charge in [-0.05, 0) is 33.7 Å². The van der Waals surface area contributed by atoms with Crippen molar-refractivity contribution in [2.45, 2.75) is 38.8 Å². The Kier molecular flexibility index (Phi) is 8.99. The second-order valence-electron chi connectivity index (χ2n) is 5.69. The van der Waals surface area contributed by atoms with Gasteiger partial charge in [0.05, 0.1) is 0 Å². The van der Waals surface area contributed by atoms with Crippen molar-refractivity contribution in [3.8, 4) is 0 Å². The number of carbonyl (C=O) groups is 1. The van der Waals surface area contributed by atoms with Gasteiger partial charge in [-0.15, -0.1) is 0 Å². The van der Waals surface area contributed by atoms with Crippen LogP contribution in [0.2, 0.25) is 6.04 Å². The third kappa shape index (κ3) is 7.73. The van der Waals surface area contributed by atoms with E-state index in [4.69, 9.17) is 13.3 Å². The lowest BCUT2D eigenvalue weighted by Crippen LogP contribution is -2.50. The third-order valence-corrected chi connectivity index (χ3v) is 6.01. The van der Waals surface area contributed by atoms with Crippen LogP contribution in [0.4, 0.5) is 0 Å². The smallest absolute Gasteiger partial charge is 0.377 e. The molecule has 0 spiro atoms. The highest BCUT2D eigenvalue weighted by atomic mass is 28.4. The summed E-state index contributed by atoms with van der Waals surface area (Å²) in [6, 6.07) is 0.752. The predicted octanol–water partition coefficient (Wildman–Crippen LogP) is 1.32. The van der Waals surface area contributed by atoms with Crippen LogP contribution < -0.4 is 10.6 Å². The molecule has 0 saturated carbocycles. The second kappa shape index (κ2) is 9.32. The number of amides is 1. The fraction of sp³-hybridized carbons (Fsp3) is 0.786. The van der Waals surface area contributed by atoms with E-state index in [1.54, 1.807) is 28.3 Å². The maximum atomic E-state index is 11.6. The summed E-state index contributed by atoms with van der Waals surface area (Å²) >= 11 is 0. The first kappa shape index (κ1) is 20.3. The van der Waals surface area contributed by atoms with E-state index in [9.17, 15) is 4.79 Å². The molecular weight excluding hydrogens is 288 g/mol. The monoisotopic (exact) mass is 318 g/mol. The normalized spacial score (nSPS) is 12.3. The standard InChI is InChI=1S/C14H30N2O4Si/c1-12(2)13(17)16-14(3,4)11-15-9-8-10-21(18-5,19-6)20-7/h15H,1,8-11H2,2-7H3,(H,16,17). The van der Waals surface area contributed by atoms with Crippen molar-refractivity contribution in [1.29, 1.82) is 0 Å². The minimum Gasteiger partial charge on any atom is -0.377 e. The second-order valence-corrected chi connectivity index (χ2v) is 8.78. The van der Waals surface area contributed by atoms with Crippen LogP contribution in [0.1, 0.15) is 27.2 Å². The Morgan fingerprint density at radius 1 is 1.19 bits per heavy atom. The summed E-state index contributed by atoms with van der Waals surface area (Å²) in [6.07, 6.45) is 0.881. The Bertz CT molecular complexity index is 336. The van der Waals surface area contributed by atoms with Gasteiger partial charge in [-0.3, -0.25) is 4.79 Å². The Morgan fingerprint density at radius 2 is 1.71 bits per heavy atom. The molecule has 6 nitrogen and oxygen atoms in total. The molecular formula is C14H30N2O4Si. The highest BCUT2D eigenvalue weighted by molar-refractivity contribution is 6.60. The van der Waals surface area contributed by atoms with Crippen LogP contribution in [0.5, 0.6) is 0 Å². The maximum absolute atomic E-state index is 11.6. The molecule has 1 amide bonds. The van der Waals surface area contributed by atoms with Gasteiger partial charge in [0.1, 0.15) is 0 Å². The fourth-order valence-corrected chi connectivity index (χ4v) is 3.57. The molecule has 124 valence electrons. The number of carbonyl (C=O) groups excluding carboxylic acids is 1. The molecule has 0 heterocycles. The van der Waals surface area contributed by atoms with E-state index < -0.39 is 8.80 Å². The predicted molar refractivity (Wildman–Crippen MR) is 86.1 cm³/mol. The molecule has 0 rings (SSSR count). The van der Waals surface area contributed by atoms with Gasteiger partial charge in [-0.1, -0.05) is 6.58 Å². The minimum absolute atomic E-state index is 0.119. The Labute approximate surface area is 129 Å². The van der Waals surface area contributed by atoms with Crippen molar-refractivity contribution >= 4 is 14.7 Å². The third-order valence-electron chi connectivity index (χ3n) is 3.18. The molecule has 0 unspecified atom stereocenters. The van der Waals surface area contributed by atoms with E-state index in [-0.39, 0.29) is 11.4 Å². The SMILES string of the molecule is C=C(C)C(=O)NC(C)(C)CNCCC[Si](OC)(OC)OC. The first-order valence-corrected chi connectivity index (χ1v) is 8.99. The van der Waals surface area contributed by atoms with Crippen LogP contribution in [0.3, 0.4) is 0 Å². The summed E-state index contributed by atoms with van der Waals surface area (Å²) in [5, 5.41) is 6.26. The molecule has 0 saturated heterocycles. The van der Waals surface area contributed by atoms with Gasteiger partial charge in [0.15, 0.2) is 0 Å². The average molecular weight is 318 g/mol. The lowest BCUT2D eigenvalue weighted by molar-refractivity contribution is -0.118. The van der Waals surface area contributed by atoms with Crippen molar-refractivity contribution in [2.75, 3.05) is 34.4 Å². The number of hydrogen-bond acceptors (Lipinski definition) is 5. The fourth-order valence-electron chi connectivity index (χ4n) is 1.85. The van der Waals surface area contributed by atoms with Crippen LogP contribution in [0.25, 0.3) is 0 Å². The quantitative estimate of drug-likeness (QED) is 0.342. The summed E-state index contributed by atoms with van der Waals surface area (Å²) in [6.45, 7) is 10.8. The minimum atomic E-state index is -2.48. The average Bonchev–Trinajstić information content (AvgIpc) is 2.43. The van der Waals surface area contributed by atoms with E-state index in [1.165, 1.54) is 0 Å². The molecule has 0 aliphatic heterocycles. The van der Waals surface area contributed by atoms with Crippen molar-refractivity contribution < 1.29 is 18.1 Å². The molecule has 0 fully saturated rings. The van der Waals surface area contributed by atoms with Crippen LogP contribution in [0.15, 0.2) is 12.2 Å². The lowest BCUT2D eigenvalue weighted by atomic mass is 10.1. The van der Waals surface area contributed by atoms with Gasteiger partial charge in [0.25, 0.3) is 0 Å². The molecule has 0 aromatic rings. The van der Waals surface area contributed by atoms with E-state index in [0.29, 0.717) is 12.1 Å². The van der Waals surface area contributed by atoms with Crippen molar-refractivity contribution in [2.24, 2.45) is 0 Å². The van der Waals surface area contributed by atoms with Crippen molar-refractivity contribution in [3.63, 3.8) is 0 Å². The Morgan fingerprint density at radius 3 is 2.14 bits per heavy atom. The van der Waals surface area contributed by atoms with E-state index in [1.807, 2.05) is 13.8 Å². The van der Waals surface area contributed by atoms with Gasteiger partial charge < -0.3 is 23.9 Å². The summed E-state index contributed by atoms with van der Waals surface area (Å²) in [5.41, 5.74) is 0.188. The molecule has 0 bridgehead atoms. The molecule has 0 atom stereocenters. The van der Waals surface area contributed by atoms with Gasteiger partial charge in [-0.2, -0.15) is 0 Å². The molecule has 0 aromatic heterocycles. The highest BCUT2D eigenvalue weighted by Gasteiger charge is 2.36. The van der Waals surface area contributed by atoms with Gasteiger partial charge in [0.2, 0.25) is 5.91 Å². The zero-order valence-corrected chi connectivity index (χ0v) is 15.2. The Hall–Kier alpha value is -0.733. The Balaban J connectivity index is 4.04. The van der Waals surface area contributed by atoms with Gasteiger partial charge >= 0.3 is 8.80 Å². The van der Waals surface area contributed by atoms with E-state index in [2.05, 4.69) is 17.2 Å². The van der Waals surface area contributed by atoms with E-state index in [0.717, 1.165) is 19.0 Å². The van der Waals surface area contributed by atoms with Crippen molar-refractivity contribution in [1.82, 2.24) is 10.6 Å². The number of nitrogens with one attached hydrogen (secondary N) is 2. The number of hydrogen-bond donors (Lipinski definition) is 2. The highest BCUT2D eigenvalue weighted by Crippen LogP contribution is 2.14. The van der Waals surface area contributed by atoms with E-state index >= 15 is 0 Å². The van der Waals surface area contributed by atoms with Gasteiger partial charge in [-0.25, -0.2) is 0 Å². The largest absolute Gasteiger partial charge is 0.500 e. The molecule has 21 heavy (non-hydrogen) atoms. The maximum Gasteiger partial charge on any atom is 0.500 e. The van der Waals surface area contributed by atoms with Gasteiger partial charge in [0, 0.05) is 45.0 Å². The first-order chi connectivity index (χ1) is 9.72. The summed E-state index contributed by atoms with van der Waals surface area (Å²) in [7, 11) is 2.37. The lowest BCUT2D eigenvalue weighted by Gasteiger charge is -2.27. The summed E-state index contributed by atoms with van der Waals surface area (Å²) < 4.78 is 16.1. The molecule has 0 radical (unpaired) electrons. The van der Waals surface area contributed by atoms with Crippen LogP contribution in [-0.4, -0.2) is 54.7 Å². The van der Waals surface area contributed by atoms with Crippen LogP contribution in [0, 0.1) is 0 Å². The summed E-state index contributed by atoms with van der Waals surface area (Å²) in [4.78, 5) is 11.6. The molecule has 0 aromatic carbocycles. The van der Waals surface area contributed by atoms with Crippen molar-refractivity contribution in [3.05, 3.63) is 12.2 Å². The van der Waals surface area contributed by atoms with Crippen LogP contribution >= 0.6 is 0 Å². The zero-order valence-electron chi connectivity index (χ0n) is 14.2. The molecule has 2 N–H and O–H groups in total. The first-order valence-electron chi connectivity index (χ1n) is 7.06. The number of rotatable bonds is 11. The molecule has 0 aliphatic rings. The molecule has 0 aliphatic carbocycles. The topological polar surface area (TPSA) is 68.8 Å².